The van der Waals surface area contributed by atoms with Gasteiger partial charge in [0.15, 0.2) is 5.82 Å². The normalized spacial score (nSPS) is 18.6. The van der Waals surface area contributed by atoms with Crippen LogP contribution in [0.2, 0.25) is 0 Å². The number of hydrogen-bond donors (Lipinski definition) is 0. The summed E-state index contributed by atoms with van der Waals surface area (Å²) in [7, 11) is 3.56. The van der Waals surface area contributed by atoms with Crippen LogP contribution in [0.3, 0.4) is 0 Å². The Kier molecular flexibility index (Phi) is 4.49. The maximum atomic E-state index is 13.5. The van der Waals surface area contributed by atoms with E-state index in [1.807, 2.05) is 0 Å². The van der Waals surface area contributed by atoms with Gasteiger partial charge in [-0.1, -0.05) is 0 Å². The molecule has 1 aromatic rings. The summed E-state index contributed by atoms with van der Waals surface area (Å²) in [5.41, 5.74) is 0.901. The van der Waals surface area contributed by atoms with Crippen LogP contribution >= 0.6 is 0 Å². The standard InChI is InChI=1S/C13H20FN3O/c1-16-4-3-5-17(7-6-16)10-11-8-12(14)13(18-2)15-9-11/h8-9H,3-7,10H2,1-2H3. The fourth-order valence-electron chi connectivity index (χ4n) is 2.22. The van der Waals surface area contributed by atoms with Crippen molar-refractivity contribution in [3.63, 3.8) is 0 Å². The maximum Gasteiger partial charge on any atom is 0.250 e. The summed E-state index contributed by atoms with van der Waals surface area (Å²) >= 11 is 0. The molecule has 1 saturated heterocycles. The molecule has 2 heterocycles. The van der Waals surface area contributed by atoms with Gasteiger partial charge in [-0.2, -0.15) is 0 Å². The second-order valence-corrected chi connectivity index (χ2v) is 4.77. The van der Waals surface area contributed by atoms with Crippen molar-refractivity contribution in [2.45, 2.75) is 13.0 Å². The predicted octanol–water partition coefficient (Wildman–Crippen LogP) is 1.37. The van der Waals surface area contributed by atoms with Gasteiger partial charge in [-0.05, 0) is 38.2 Å². The van der Waals surface area contributed by atoms with Gasteiger partial charge >= 0.3 is 0 Å². The number of aromatic nitrogens is 1. The molecular formula is C13H20FN3O. The van der Waals surface area contributed by atoms with Crippen LogP contribution in [0.25, 0.3) is 0 Å². The van der Waals surface area contributed by atoms with Crippen LogP contribution in [-0.4, -0.2) is 55.1 Å². The van der Waals surface area contributed by atoms with Crippen molar-refractivity contribution < 1.29 is 9.13 Å². The zero-order chi connectivity index (χ0) is 13.0. The topological polar surface area (TPSA) is 28.6 Å². The van der Waals surface area contributed by atoms with E-state index in [4.69, 9.17) is 4.74 Å². The van der Waals surface area contributed by atoms with Crippen LogP contribution in [0.15, 0.2) is 12.3 Å². The number of ether oxygens (including phenoxy) is 1. The molecule has 0 unspecified atom stereocenters. The molecule has 100 valence electrons. The summed E-state index contributed by atoms with van der Waals surface area (Å²) in [5.74, 6) is -0.323. The first-order valence-corrected chi connectivity index (χ1v) is 6.28. The molecule has 1 aromatic heterocycles. The highest BCUT2D eigenvalue weighted by Crippen LogP contribution is 2.15. The van der Waals surface area contributed by atoms with E-state index in [0.717, 1.165) is 44.7 Å². The molecule has 0 N–H and O–H groups in total. The van der Waals surface area contributed by atoms with Crippen LogP contribution in [0.5, 0.6) is 5.88 Å². The van der Waals surface area contributed by atoms with Crippen molar-refractivity contribution in [2.24, 2.45) is 0 Å². The summed E-state index contributed by atoms with van der Waals surface area (Å²) in [6.45, 7) is 5.02. The molecule has 0 aromatic carbocycles. The Hall–Kier alpha value is -1.20. The zero-order valence-electron chi connectivity index (χ0n) is 11.0. The number of halogens is 1. The number of hydrogen-bond acceptors (Lipinski definition) is 4. The molecule has 0 atom stereocenters. The van der Waals surface area contributed by atoms with Gasteiger partial charge in [0, 0.05) is 25.8 Å². The average molecular weight is 253 g/mol. The van der Waals surface area contributed by atoms with Gasteiger partial charge in [0.25, 0.3) is 0 Å². The SMILES string of the molecule is COc1ncc(CN2CCCN(C)CC2)cc1F. The van der Waals surface area contributed by atoms with E-state index in [1.54, 1.807) is 6.20 Å². The molecule has 5 heteroatoms. The zero-order valence-corrected chi connectivity index (χ0v) is 11.0. The van der Waals surface area contributed by atoms with Crippen molar-refractivity contribution in [3.05, 3.63) is 23.6 Å². The molecule has 4 nitrogen and oxygen atoms in total. The third kappa shape index (κ3) is 3.40. The van der Waals surface area contributed by atoms with Crippen molar-refractivity contribution in [2.75, 3.05) is 40.3 Å². The fourth-order valence-corrected chi connectivity index (χ4v) is 2.22. The van der Waals surface area contributed by atoms with Crippen molar-refractivity contribution in [1.29, 1.82) is 0 Å². The first-order chi connectivity index (χ1) is 8.69. The molecule has 1 aliphatic heterocycles. The maximum absolute atomic E-state index is 13.5. The van der Waals surface area contributed by atoms with Crippen molar-refractivity contribution in [3.8, 4) is 5.88 Å². The van der Waals surface area contributed by atoms with Crippen molar-refractivity contribution >= 4 is 0 Å². The Morgan fingerprint density at radius 3 is 2.89 bits per heavy atom. The van der Waals surface area contributed by atoms with Crippen LogP contribution in [0, 0.1) is 5.82 Å². The minimum atomic E-state index is -0.387. The lowest BCUT2D eigenvalue weighted by atomic mass is 10.2. The number of rotatable bonds is 3. The lowest BCUT2D eigenvalue weighted by Gasteiger charge is -2.20. The Labute approximate surface area is 107 Å². The molecule has 0 radical (unpaired) electrons. The van der Waals surface area contributed by atoms with Gasteiger partial charge in [0.1, 0.15) is 0 Å². The first-order valence-electron chi connectivity index (χ1n) is 6.28. The fraction of sp³-hybridized carbons (Fsp3) is 0.615. The van der Waals surface area contributed by atoms with Gasteiger partial charge < -0.3 is 9.64 Å². The van der Waals surface area contributed by atoms with Crippen LogP contribution in [0.1, 0.15) is 12.0 Å². The molecule has 2 rings (SSSR count). The summed E-state index contributed by atoms with van der Waals surface area (Å²) in [5, 5.41) is 0. The molecular weight excluding hydrogens is 233 g/mol. The molecule has 0 bridgehead atoms. The third-order valence-electron chi connectivity index (χ3n) is 3.28. The van der Waals surface area contributed by atoms with E-state index >= 15 is 0 Å². The van der Waals surface area contributed by atoms with Crippen LogP contribution in [0.4, 0.5) is 4.39 Å². The molecule has 0 aliphatic carbocycles. The number of pyridine rings is 1. The average Bonchev–Trinajstić information content (AvgIpc) is 2.55. The van der Waals surface area contributed by atoms with E-state index in [2.05, 4.69) is 21.8 Å². The number of likely N-dealkylation sites (N-methyl/N-ethyl adjacent to an activating group) is 1. The summed E-state index contributed by atoms with van der Waals surface area (Å²) in [4.78, 5) is 8.63. The van der Waals surface area contributed by atoms with E-state index in [9.17, 15) is 4.39 Å². The second-order valence-electron chi connectivity index (χ2n) is 4.77. The van der Waals surface area contributed by atoms with Crippen LogP contribution < -0.4 is 4.74 Å². The molecule has 0 saturated carbocycles. The second kappa shape index (κ2) is 6.11. The monoisotopic (exact) mass is 253 g/mol. The quantitative estimate of drug-likeness (QED) is 0.813. The largest absolute Gasteiger partial charge is 0.479 e. The molecule has 0 spiro atoms. The number of methoxy groups -OCH3 is 1. The Bertz CT molecular complexity index is 400. The Balaban J connectivity index is 1.98. The van der Waals surface area contributed by atoms with Gasteiger partial charge in [-0.15, -0.1) is 0 Å². The molecule has 1 fully saturated rings. The summed E-state index contributed by atoms with van der Waals surface area (Å²) < 4.78 is 18.4. The smallest absolute Gasteiger partial charge is 0.250 e. The molecule has 18 heavy (non-hydrogen) atoms. The predicted molar refractivity (Wildman–Crippen MR) is 68.1 cm³/mol. The minimum absolute atomic E-state index is 0.0642. The van der Waals surface area contributed by atoms with E-state index < -0.39 is 0 Å². The van der Waals surface area contributed by atoms with Crippen LogP contribution in [-0.2, 0) is 6.54 Å². The third-order valence-corrected chi connectivity index (χ3v) is 3.28. The van der Waals surface area contributed by atoms with Gasteiger partial charge in [0.05, 0.1) is 7.11 Å². The lowest BCUT2D eigenvalue weighted by molar-refractivity contribution is 0.268. The number of nitrogens with zero attached hydrogens (tertiary/aromatic N) is 3. The minimum Gasteiger partial charge on any atom is -0.479 e. The van der Waals surface area contributed by atoms with Gasteiger partial charge in [0.2, 0.25) is 5.88 Å². The highest BCUT2D eigenvalue weighted by molar-refractivity contribution is 5.20. The first kappa shape index (κ1) is 13.2. The van der Waals surface area contributed by atoms with Gasteiger partial charge in [-0.25, -0.2) is 9.37 Å². The highest BCUT2D eigenvalue weighted by atomic mass is 19.1. The Morgan fingerprint density at radius 2 is 2.17 bits per heavy atom. The Morgan fingerprint density at radius 1 is 1.33 bits per heavy atom. The van der Waals surface area contributed by atoms with E-state index in [-0.39, 0.29) is 11.7 Å². The summed E-state index contributed by atoms with van der Waals surface area (Å²) in [6, 6.07) is 1.51. The van der Waals surface area contributed by atoms with E-state index in [1.165, 1.54) is 13.2 Å². The van der Waals surface area contributed by atoms with E-state index in [0.29, 0.717) is 0 Å². The molecule has 0 amide bonds. The summed E-state index contributed by atoms with van der Waals surface area (Å²) in [6.07, 6.45) is 2.85. The van der Waals surface area contributed by atoms with Crippen molar-refractivity contribution in [1.82, 2.24) is 14.8 Å². The van der Waals surface area contributed by atoms with Gasteiger partial charge in [-0.3, -0.25) is 4.90 Å². The molecule has 1 aliphatic rings. The highest BCUT2D eigenvalue weighted by Gasteiger charge is 2.13. The lowest BCUT2D eigenvalue weighted by Crippen LogP contribution is -2.28.